The number of nitrogens with zero attached hydrogens (tertiary/aromatic N) is 1. The molecular formula is C8H11F3N2O. The zero-order valence-corrected chi connectivity index (χ0v) is 7.64. The van der Waals surface area contributed by atoms with E-state index in [1.54, 1.807) is 7.05 Å². The van der Waals surface area contributed by atoms with Gasteiger partial charge in [0.15, 0.2) is 0 Å². The van der Waals surface area contributed by atoms with Crippen molar-refractivity contribution in [1.82, 2.24) is 10.5 Å². The molecule has 1 aromatic heterocycles. The summed E-state index contributed by atoms with van der Waals surface area (Å²) in [7, 11) is 1.61. The number of nitrogens with one attached hydrogen (secondary N) is 1. The van der Waals surface area contributed by atoms with Crippen molar-refractivity contribution in [1.29, 1.82) is 0 Å². The van der Waals surface area contributed by atoms with Crippen LogP contribution in [0.4, 0.5) is 13.2 Å². The topological polar surface area (TPSA) is 38.1 Å². The Kier molecular flexibility index (Phi) is 3.51. The van der Waals surface area contributed by atoms with Crippen LogP contribution in [0.25, 0.3) is 0 Å². The van der Waals surface area contributed by atoms with E-state index in [0.29, 0.717) is 0 Å². The van der Waals surface area contributed by atoms with Gasteiger partial charge in [0.05, 0.1) is 5.69 Å². The van der Waals surface area contributed by atoms with E-state index in [2.05, 4.69) is 15.0 Å². The van der Waals surface area contributed by atoms with Crippen LogP contribution in [0.2, 0.25) is 0 Å². The Morgan fingerprint density at radius 1 is 1.57 bits per heavy atom. The summed E-state index contributed by atoms with van der Waals surface area (Å²) in [6.07, 6.45) is -3.16. The monoisotopic (exact) mass is 208 g/mol. The molecule has 1 N–H and O–H groups in total. The van der Waals surface area contributed by atoms with Crippen LogP contribution in [-0.4, -0.2) is 24.9 Å². The smallest absolute Gasteiger partial charge is 0.364 e. The van der Waals surface area contributed by atoms with Crippen molar-refractivity contribution in [2.45, 2.75) is 18.5 Å². The summed E-state index contributed by atoms with van der Waals surface area (Å²) in [6.45, 7) is 0.289. The fraction of sp³-hybridized carbons (Fsp3) is 0.625. The average Bonchev–Trinajstić information content (AvgIpc) is 2.55. The van der Waals surface area contributed by atoms with Crippen LogP contribution in [0.3, 0.4) is 0 Å². The molecule has 14 heavy (non-hydrogen) atoms. The highest BCUT2D eigenvalue weighted by atomic mass is 19.4. The molecule has 0 radical (unpaired) electrons. The first-order chi connectivity index (χ1) is 6.55. The number of halogens is 3. The van der Waals surface area contributed by atoms with Crippen molar-refractivity contribution in [3.63, 3.8) is 0 Å². The van der Waals surface area contributed by atoms with Gasteiger partial charge >= 0.3 is 6.18 Å². The lowest BCUT2D eigenvalue weighted by molar-refractivity contribution is -0.152. The summed E-state index contributed by atoms with van der Waals surface area (Å²) in [6, 6.07) is 1.24. The lowest BCUT2D eigenvalue weighted by Gasteiger charge is -2.17. The van der Waals surface area contributed by atoms with Crippen molar-refractivity contribution in [3.8, 4) is 0 Å². The molecular weight excluding hydrogens is 197 g/mol. The number of aromatic nitrogens is 1. The Morgan fingerprint density at radius 3 is 2.71 bits per heavy atom. The van der Waals surface area contributed by atoms with Crippen molar-refractivity contribution >= 4 is 0 Å². The number of alkyl halides is 3. The first kappa shape index (κ1) is 11.0. The normalized spacial score (nSPS) is 14.3. The minimum absolute atomic E-state index is 0.0352. The van der Waals surface area contributed by atoms with Gasteiger partial charge in [-0.1, -0.05) is 5.16 Å². The fourth-order valence-corrected chi connectivity index (χ4v) is 1.17. The predicted molar refractivity (Wildman–Crippen MR) is 43.8 cm³/mol. The van der Waals surface area contributed by atoms with Gasteiger partial charge < -0.3 is 9.84 Å². The Labute approximate surface area is 79.3 Å². The molecule has 0 aliphatic rings. The molecule has 1 aromatic rings. The van der Waals surface area contributed by atoms with Crippen molar-refractivity contribution in [3.05, 3.63) is 18.0 Å². The van der Waals surface area contributed by atoms with E-state index in [-0.39, 0.29) is 18.7 Å². The molecule has 6 heteroatoms. The second-order valence-corrected chi connectivity index (χ2v) is 2.91. The molecule has 0 saturated heterocycles. The zero-order valence-electron chi connectivity index (χ0n) is 7.64. The van der Waals surface area contributed by atoms with Gasteiger partial charge in [-0.2, -0.15) is 13.2 Å². The number of rotatable bonds is 4. The molecule has 0 fully saturated rings. The Bertz CT molecular complexity index is 258. The van der Waals surface area contributed by atoms with E-state index in [4.69, 9.17) is 0 Å². The minimum Gasteiger partial charge on any atom is -0.364 e. The van der Waals surface area contributed by atoms with Crippen molar-refractivity contribution in [2.24, 2.45) is 0 Å². The highest BCUT2D eigenvalue weighted by molar-refractivity contribution is 5.06. The van der Waals surface area contributed by atoms with Crippen LogP contribution in [-0.2, 0) is 0 Å². The molecule has 0 aromatic carbocycles. The number of hydrogen-bond donors (Lipinski definition) is 1. The van der Waals surface area contributed by atoms with E-state index in [0.717, 1.165) is 6.26 Å². The SMILES string of the molecule is CNCCC(c1ccon1)C(F)(F)F. The van der Waals surface area contributed by atoms with Crippen molar-refractivity contribution in [2.75, 3.05) is 13.6 Å². The molecule has 0 aliphatic carbocycles. The van der Waals surface area contributed by atoms with Gasteiger partial charge in [-0.3, -0.25) is 0 Å². The largest absolute Gasteiger partial charge is 0.397 e. The Balaban J connectivity index is 2.73. The second-order valence-electron chi connectivity index (χ2n) is 2.91. The third-order valence-electron chi connectivity index (χ3n) is 1.89. The maximum Gasteiger partial charge on any atom is 0.397 e. The average molecular weight is 208 g/mol. The third kappa shape index (κ3) is 2.73. The molecule has 0 aliphatic heterocycles. The van der Waals surface area contributed by atoms with E-state index in [9.17, 15) is 13.2 Å². The molecule has 1 atom stereocenters. The summed E-state index contributed by atoms with van der Waals surface area (Å²) < 4.78 is 41.9. The van der Waals surface area contributed by atoms with Gasteiger partial charge in [-0.15, -0.1) is 0 Å². The molecule has 80 valence electrons. The maximum absolute atomic E-state index is 12.5. The molecule has 1 unspecified atom stereocenters. The molecule has 0 saturated carbocycles. The molecule has 1 rings (SSSR count). The van der Waals surface area contributed by atoms with Crippen LogP contribution in [0, 0.1) is 0 Å². The summed E-state index contributed by atoms with van der Waals surface area (Å²) in [5, 5.41) is 5.99. The predicted octanol–water partition coefficient (Wildman–Crippen LogP) is 1.93. The van der Waals surface area contributed by atoms with E-state index < -0.39 is 12.1 Å². The minimum atomic E-state index is -4.27. The summed E-state index contributed by atoms with van der Waals surface area (Å²) >= 11 is 0. The van der Waals surface area contributed by atoms with Gasteiger partial charge in [0, 0.05) is 6.07 Å². The van der Waals surface area contributed by atoms with Crippen LogP contribution >= 0.6 is 0 Å². The summed E-state index contributed by atoms with van der Waals surface area (Å²) in [5.41, 5.74) is -0.0623. The molecule has 3 nitrogen and oxygen atoms in total. The fourth-order valence-electron chi connectivity index (χ4n) is 1.17. The summed E-state index contributed by atoms with van der Waals surface area (Å²) in [4.78, 5) is 0. The zero-order chi connectivity index (χ0) is 10.6. The Hall–Kier alpha value is -1.04. The quantitative estimate of drug-likeness (QED) is 0.821. The third-order valence-corrected chi connectivity index (χ3v) is 1.89. The number of hydrogen-bond acceptors (Lipinski definition) is 3. The van der Waals surface area contributed by atoms with Gasteiger partial charge in [-0.05, 0) is 20.0 Å². The highest BCUT2D eigenvalue weighted by Crippen LogP contribution is 2.36. The molecule has 0 spiro atoms. The first-order valence-corrected chi connectivity index (χ1v) is 4.17. The maximum atomic E-state index is 12.5. The van der Waals surface area contributed by atoms with Crippen LogP contribution in [0.1, 0.15) is 18.0 Å². The highest BCUT2D eigenvalue weighted by Gasteiger charge is 2.41. The lowest BCUT2D eigenvalue weighted by atomic mass is 10.0. The molecule has 0 amide bonds. The van der Waals surface area contributed by atoms with Gasteiger partial charge in [-0.25, -0.2) is 0 Å². The Morgan fingerprint density at radius 2 is 2.29 bits per heavy atom. The van der Waals surface area contributed by atoms with Crippen molar-refractivity contribution < 1.29 is 17.7 Å². The van der Waals surface area contributed by atoms with Crippen LogP contribution < -0.4 is 5.32 Å². The van der Waals surface area contributed by atoms with Crippen LogP contribution in [0.5, 0.6) is 0 Å². The van der Waals surface area contributed by atoms with E-state index in [1.165, 1.54) is 6.07 Å². The lowest BCUT2D eigenvalue weighted by Crippen LogP contribution is -2.24. The van der Waals surface area contributed by atoms with E-state index in [1.807, 2.05) is 0 Å². The molecule has 0 bridgehead atoms. The van der Waals surface area contributed by atoms with Gasteiger partial charge in [0.25, 0.3) is 0 Å². The molecule has 1 heterocycles. The van der Waals surface area contributed by atoms with Gasteiger partial charge in [0.1, 0.15) is 12.2 Å². The standard InChI is InChI=1S/C8H11F3N2O/c1-12-4-2-6(8(9,10)11)7-3-5-14-13-7/h3,5-6,12H,2,4H2,1H3. The van der Waals surface area contributed by atoms with E-state index >= 15 is 0 Å². The van der Waals surface area contributed by atoms with Crippen LogP contribution in [0.15, 0.2) is 16.9 Å². The van der Waals surface area contributed by atoms with Gasteiger partial charge in [0.2, 0.25) is 0 Å². The summed E-state index contributed by atoms with van der Waals surface area (Å²) in [5.74, 6) is -1.55. The second kappa shape index (κ2) is 4.45. The first-order valence-electron chi connectivity index (χ1n) is 4.17.